The van der Waals surface area contributed by atoms with E-state index >= 15 is 0 Å². The van der Waals surface area contributed by atoms with Gasteiger partial charge < -0.3 is 4.90 Å². The Bertz CT molecular complexity index is 394. The highest BCUT2D eigenvalue weighted by atomic mass is 16.1. The third kappa shape index (κ3) is 4.79. The van der Waals surface area contributed by atoms with Crippen LogP contribution in [0.5, 0.6) is 0 Å². The Labute approximate surface area is 117 Å². The van der Waals surface area contributed by atoms with E-state index in [1.54, 1.807) is 0 Å². The van der Waals surface area contributed by atoms with Gasteiger partial charge in [-0.05, 0) is 38.4 Å². The van der Waals surface area contributed by atoms with Crippen LogP contribution in [0, 0.1) is 12.8 Å². The number of ketones is 1. The average molecular weight is 261 g/mol. The Hall–Kier alpha value is -1.15. The number of Topliss-reactive ketones (excluding diaryl/α,β-unsaturated/α-hetero) is 1. The summed E-state index contributed by atoms with van der Waals surface area (Å²) in [5.74, 6) is 0.342. The summed E-state index contributed by atoms with van der Waals surface area (Å²) in [5, 5.41) is 0. The number of rotatable bonds is 8. The highest BCUT2D eigenvalue weighted by Gasteiger charge is 2.19. The van der Waals surface area contributed by atoms with Crippen LogP contribution in [-0.4, -0.2) is 30.3 Å². The van der Waals surface area contributed by atoms with Crippen LogP contribution in [0.2, 0.25) is 0 Å². The summed E-state index contributed by atoms with van der Waals surface area (Å²) < 4.78 is 0. The molecule has 0 saturated carbocycles. The van der Waals surface area contributed by atoms with E-state index in [0.717, 1.165) is 43.6 Å². The second kappa shape index (κ2) is 8.11. The summed E-state index contributed by atoms with van der Waals surface area (Å²) in [7, 11) is 0. The third-order valence-corrected chi connectivity index (χ3v) is 3.47. The zero-order valence-corrected chi connectivity index (χ0v) is 12.8. The first-order valence-corrected chi connectivity index (χ1v) is 7.42. The molecule has 1 atom stereocenters. The first-order chi connectivity index (χ1) is 9.10. The molecule has 0 fully saturated rings. The van der Waals surface area contributed by atoms with Crippen molar-refractivity contribution in [3.63, 3.8) is 0 Å². The van der Waals surface area contributed by atoms with E-state index in [4.69, 9.17) is 0 Å². The van der Waals surface area contributed by atoms with Crippen LogP contribution in [0.4, 0.5) is 0 Å². The minimum Gasteiger partial charge on any atom is -0.303 e. The summed E-state index contributed by atoms with van der Waals surface area (Å²) in [6.07, 6.45) is 2.29. The predicted octanol–water partition coefficient (Wildman–Crippen LogP) is 3.94. The number of carbonyl (C=O) groups excluding carboxylic acids is 1. The molecule has 0 aliphatic rings. The van der Waals surface area contributed by atoms with Gasteiger partial charge in [0.05, 0.1) is 0 Å². The van der Waals surface area contributed by atoms with Gasteiger partial charge in [-0.1, -0.05) is 45.0 Å². The van der Waals surface area contributed by atoms with Crippen molar-refractivity contribution in [1.82, 2.24) is 4.90 Å². The molecule has 2 heteroatoms. The molecule has 1 aromatic rings. The smallest absolute Gasteiger partial charge is 0.167 e. The highest BCUT2D eigenvalue weighted by Crippen LogP contribution is 2.14. The Kier molecular flexibility index (Phi) is 6.79. The van der Waals surface area contributed by atoms with E-state index in [2.05, 4.69) is 18.7 Å². The lowest BCUT2D eigenvalue weighted by Crippen LogP contribution is -2.33. The predicted molar refractivity (Wildman–Crippen MR) is 81.7 cm³/mol. The van der Waals surface area contributed by atoms with Gasteiger partial charge >= 0.3 is 0 Å². The van der Waals surface area contributed by atoms with Crippen LogP contribution < -0.4 is 0 Å². The monoisotopic (exact) mass is 261 g/mol. The number of hydrogen-bond donors (Lipinski definition) is 0. The van der Waals surface area contributed by atoms with E-state index < -0.39 is 0 Å². The topological polar surface area (TPSA) is 20.3 Å². The Morgan fingerprint density at radius 1 is 1.16 bits per heavy atom. The van der Waals surface area contributed by atoms with Crippen molar-refractivity contribution in [2.45, 2.75) is 40.5 Å². The first-order valence-electron chi connectivity index (χ1n) is 7.42. The van der Waals surface area contributed by atoms with Crippen LogP contribution in [0.25, 0.3) is 0 Å². The fraction of sp³-hybridized carbons (Fsp3) is 0.588. The number of carbonyl (C=O) groups is 1. The van der Waals surface area contributed by atoms with Gasteiger partial charge in [0.15, 0.2) is 5.78 Å². The van der Waals surface area contributed by atoms with Crippen LogP contribution in [0.15, 0.2) is 24.3 Å². The molecular weight excluding hydrogens is 234 g/mol. The molecule has 0 heterocycles. The van der Waals surface area contributed by atoms with Crippen molar-refractivity contribution in [1.29, 1.82) is 0 Å². The number of nitrogens with zero attached hydrogens (tertiary/aromatic N) is 1. The lowest BCUT2D eigenvalue weighted by Gasteiger charge is -2.24. The summed E-state index contributed by atoms with van der Waals surface area (Å²) in [6, 6.07) is 7.88. The third-order valence-electron chi connectivity index (χ3n) is 3.47. The Morgan fingerprint density at radius 2 is 1.74 bits per heavy atom. The summed E-state index contributed by atoms with van der Waals surface area (Å²) in [6.45, 7) is 11.5. The molecule has 1 aromatic carbocycles. The molecule has 0 saturated heterocycles. The Balaban J connectivity index is 2.68. The van der Waals surface area contributed by atoms with Crippen molar-refractivity contribution in [3.05, 3.63) is 35.4 Å². The van der Waals surface area contributed by atoms with Crippen molar-refractivity contribution < 1.29 is 4.79 Å². The molecule has 0 N–H and O–H groups in total. The fourth-order valence-electron chi connectivity index (χ4n) is 2.51. The van der Waals surface area contributed by atoms with Crippen molar-refractivity contribution in [2.24, 2.45) is 5.92 Å². The molecule has 0 aliphatic carbocycles. The van der Waals surface area contributed by atoms with Gasteiger partial charge in [-0.25, -0.2) is 0 Å². The van der Waals surface area contributed by atoms with E-state index in [1.165, 1.54) is 0 Å². The second-order valence-electron chi connectivity index (χ2n) is 5.38. The minimum absolute atomic E-state index is 0.0687. The maximum Gasteiger partial charge on any atom is 0.167 e. The lowest BCUT2D eigenvalue weighted by atomic mass is 9.95. The largest absolute Gasteiger partial charge is 0.303 e. The van der Waals surface area contributed by atoms with Crippen molar-refractivity contribution in [3.8, 4) is 0 Å². The van der Waals surface area contributed by atoms with Gasteiger partial charge in [0, 0.05) is 18.0 Å². The molecule has 106 valence electrons. The van der Waals surface area contributed by atoms with E-state index in [1.807, 2.05) is 38.1 Å². The Morgan fingerprint density at radius 3 is 2.26 bits per heavy atom. The molecule has 1 rings (SSSR count). The molecule has 0 aromatic heterocycles. The van der Waals surface area contributed by atoms with Gasteiger partial charge in [0.25, 0.3) is 0 Å². The van der Waals surface area contributed by atoms with Crippen molar-refractivity contribution >= 4 is 5.78 Å². The molecule has 0 bridgehead atoms. The van der Waals surface area contributed by atoms with Crippen molar-refractivity contribution in [2.75, 3.05) is 19.6 Å². The van der Waals surface area contributed by atoms with Crippen LogP contribution in [0.1, 0.15) is 49.5 Å². The fourth-order valence-corrected chi connectivity index (χ4v) is 2.51. The first kappa shape index (κ1) is 15.9. The molecule has 2 nitrogen and oxygen atoms in total. The van der Waals surface area contributed by atoms with Gasteiger partial charge in [0.1, 0.15) is 0 Å². The normalized spacial score (nSPS) is 12.7. The maximum absolute atomic E-state index is 12.5. The summed E-state index contributed by atoms with van der Waals surface area (Å²) in [5.41, 5.74) is 1.96. The summed E-state index contributed by atoms with van der Waals surface area (Å²) >= 11 is 0. The van der Waals surface area contributed by atoms with Gasteiger partial charge in [-0.2, -0.15) is 0 Å². The zero-order valence-electron chi connectivity index (χ0n) is 12.8. The number of aryl methyl sites for hydroxylation is 1. The van der Waals surface area contributed by atoms with Crippen LogP contribution in [0.3, 0.4) is 0 Å². The zero-order chi connectivity index (χ0) is 14.3. The van der Waals surface area contributed by atoms with Gasteiger partial charge in [-0.3, -0.25) is 4.79 Å². The van der Waals surface area contributed by atoms with Crippen LogP contribution in [-0.2, 0) is 0 Å². The molecule has 19 heavy (non-hydrogen) atoms. The molecular formula is C17H27NO. The molecule has 0 spiro atoms. The molecule has 1 unspecified atom stereocenters. The standard InChI is InChI=1S/C17H27NO/c1-5-11-18(12-6-2)13-15(4)17(19)16-10-8-7-9-14(16)3/h7-10,15H,5-6,11-13H2,1-4H3. The number of hydrogen-bond acceptors (Lipinski definition) is 2. The maximum atomic E-state index is 12.5. The van der Waals surface area contributed by atoms with E-state index in [0.29, 0.717) is 0 Å². The average Bonchev–Trinajstić information content (AvgIpc) is 2.39. The summed E-state index contributed by atoms with van der Waals surface area (Å²) in [4.78, 5) is 14.9. The quantitative estimate of drug-likeness (QED) is 0.661. The van der Waals surface area contributed by atoms with Crippen LogP contribution >= 0.6 is 0 Å². The van der Waals surface area contributed by atoms with Gasteiger partial charge in [0.2, 0.25) is 0 Å². The molecule has 0 radical (unpaired) electrons. The SMILES string of the molecule is CCCN(CCC)CC(C)C(=O)c1ccccc1C. The lowest BCUT2D eigenvalue weighted by molar-refractivity contribution is 0.0893. The van der Waals surface area contributed by atoms with E-state index in [-0.39, 0.29) is 11.7 Å². The van der Waals surface area contributed by atoms with Gasteiger partial charge in [-0.15, -0.1) is 0 Å². The molecule has 0 amide bonds. The highest BCUT2D eigenvalue weighted by molar-refractivity contribution is 5.99. The minimum atomic E-state index is 0.0687. The molecule has 0 aliphatic heterocycles. The number of benzene rings is 1. The second-order valence-corrected chi connectivity index (χ2v) is 5.38. The van der Waals surface area contributed by atoms with E-state index in [9.17, 15) is 4.79 Å².